The lowest BCUT2D eigenvalue weighted by molar-refractivity contribution is 0.307. The van der Waals surface area contributed by atoms with Crippen molar-refractivity contribution in [2.75, 3.05) is 6.61 Å². The van der Waals surface area contributed by atoms with E-state index in [-0.39, 0.29) is 11.3 Å². The van der Waals surface area contributed by atoms with Crippen LogP contribution in [0.15, 0.2) is 39.1 Å². The predicted octanol–water partition coefficient (Wildman–Crippen LogP) is 3.22. The number of para-hydroxylation sites is 2. The van der Waals surface area contributed by atoms with Gasteiger partial charge in [-0.25, -0.2) is 4.98 Å². The molecule has 6 nitrogen and oxygen atoms in total. The van der Waals surface area contributed by atoms with Gasteiger partial charge in [-0.2, -0.15) is 15.0 Å². The summed E-state index contributed by atoms with van der Waals surface area (Å²) in [4.78, 5) is 16.3. The zero-order valence-electron chi connectivity index (χ0n) is 10.4. The molecule has 0 aliphatic heterocycles. The molecule has 0 fully saturated rings. The summed E-state index contributed by atoms with van der Waals surface area (Å²) in [5.41, 5.74) is 1.49. The molecule has 1 aromatic carbocycles. The average molecular weight is 309 g/mol. The minimum Gasteiger partial charge on any atom is -0.464 e. The van der Waals surface area contributed by atoms with E-state index in [4.69, 9.17) is 20.8 Å². The molecule has 2 aromatic heterocycles. The first-order valence-electron chi connectivity index (χ1n) is 5.82. The van der Waals surface area contributed by atoms with Crippen LogP contribution in [0.2, 0.25) is 5.28 Å². The molecule has 3 rings (SSSR count). The number of rotatable bonds is 4. The van der Waals surface area contributed by atoms with Crippen LogP contribution < -0.4 is 4.74 Å². The number of oxazole rings is 1. The number of aromatic nitrogens is 4. The fourth-order valence-electron chi connectivity index (χ4n) is 1.53. The summed E-state index contributed by atoms with van der Waals surface area (Å²) in [6, 6.07) is 7.68. The van der Waals surface area contributed by atoms with Gasteiger partial charge in [0.2, 0.25) is 10.4 Å². The molecular formula is C12H9ClN4O2S. The molecule has 8 heteroatoms. The number of fused-ring (bicyclic) bond motifs is 1. The lowest BCUT2D eigenvalue weighted by Gasteiger charge is -2.01. The van der Waals surface area contributed by atoms with Crippen molar-refractivity contribution in [2.45, 2.75) is 17.3 Å². The molecule has 0 bridgehead atoms. The van der Waals surface area contributed by atoms with Crippen LogP contribution >= 0.6 is 23.4 Å². The van der Waals surface area contributed by atoms with Crippen molar-refractivity contribution >= 4 is 34.5 Å². The van der Waals surface area contributed by atoms with Gasteiger partial charge < -0.3 is 9.15 Å². The molecule has 0 atom stereocenters. The van der Waals surface area contributed by atoms with E-state index in [2.05, 4.69) is 19.9 Å². The maximum Gasteiger partial charge on any atom is 0.321 e. The Labute approximate surface area is 123 Å². The van der Waals surface area contributed by atoms with Crippen LogP contribution in [-0.2, 0) is 0 Å². The Bertz CT molecular complexity index is 716. The molecule has 0 N–H and O–H groups in total. The third-order valence-electron chi connectivity index (χ3n) is 2.29. The van der Waals surface area contributed by atoms with Gasteiger partial charge in [-0.1, -0.05) is 12.1 Å². The van der Waals surface area contributed by atoms with Crippen molar-refractivity contribution in [3.05, 3.63) is 29.5 Å². The molecule has 102 valence electrons. The minimum absolute atomic E-state index is 0.0714. The van der Waals surface area contributed by atoms with E-state index in [1.807, 2.05) is 31.2 Å². The number of halogens is 1. The van der Waals surface area contributed by atoms with Crippen molar-refractivity contribution in [1.29, 1.82) is 0 Å². The second-order valence-corrected chi connectivity index (χ2v) is 4.91. The number of hydrogen-bond acceptors (Lipinski definition) is 7. The molecule has 0 spiro atoms. The SMILES string of the molecule is CCOc1nc(Cl)nc(Sc2nc3ccccc3o2)n1. The Kier molecular flexibility index (Phi) is 3.70. The maximum atomic E-state index is 5.82. The fraction of sp³-hybridized carbons (Fsp3) is 0.167. The molecule has 20 heavy (non-hydrogen) atoms. The largest absolute Gasteiger partial charge is 0.464 e. The molecule has 0 saturated carbocycles. The maximum absolute atomic E-state index is 5.82. The zero-order valence-corrected chi connectivity index (χ0v) is 12.0. The monoisotopic (exact) mass is 308 g/mol. The zero-order chi connectivity index (χ0) is 13.9. The number of nitrogens with zero attached hydrogens (tertiary/aromatic N) is 4. The van der Waals surface area contributed by atoms with E-state index in [0.29, 0.717) is 22.6 Å². The van der Waals surface area contributed by atoms with E-state index in [1.54, 1.807) is 0 Å². The van der Waals surface area contributed by atoms with E-state index < -0.39 is 0 Å². The highest BCUT2D eigenvalue weighted by atomic mass is 35.5. The second kappa shape index (κ2) is 5.64. The van der Waals surface area contributed by atoms with Crippen LogP contribution in [0.1, 0.15) is 6.92 Å². The van der Waals surface area contributed by atoms with Crippen LogP contribution in [0, 0.1) is 0 Å². The first-order valence-corrected chi connectivity index (χ1v) is 7.02. The Morgan fingerprint density at radius 3 is 2.85 bits per heavy atom. The van der Waals surface area contributed by atoms with Crippen LogP contribution in [0.25, 0.3) is 11.1 Å². The van der Waals surface area contributed by atoms with Gasteiger partial charge in [0.1, 0.15) is 5.52 Å². The highest BCUT2D eigenvalue weighted by molar-refractivity contribution is 7.98. The summed E-state index contributed by atoms with van der Waals surface area (Å²) in [5.74, 6) is 0. The third-order valence-corrected chi connectivity index (χ3v) is 3.18. The van der Waals surface area contributed by atoms with Crippen LogP contribution in [0.5, 0.6) is 6.01 Å². The second-order valence-electron chi connectivity index (χ2n) is 3.65. The third kappa shape index (κ3) is 2.83. The summed E-state index contributed by atoms with van der Waals surface area (Å²) in [5, 5.41) is 0.887. The predicted molar refractivity (Wildman–Crippen MR) is 74.1 cm³/mol. The van der Waals surface area contributed by atoms with Gasteiger partial charge in [-0.05, 0) is 30.7 Å². The van der Waals surface area contributed by atoms with Gasteiger partial charge in [0.15, 0.2) is 5.58 Å². The summed E-state index contributed by atoms with van der Waals surface area (Å²) in [6.45, 7) is 2.29. The first-order chi connectivity index (χ1) is 9.74. The van der Waals surface area contributed by atoms with Crippen molar-refractivity contribution in [3.8, 4) is 6.01 Å². The molecule has 3 aromatic rings. The van der Waals surface area contributed by atoms with Gasteiger partial charge in [-0.15, -0.1) is 0 Å². The van der Waals surface area contributed by atoms with Gasteiger partial charge >= 0.3 is 6.01 Å². The molecule has 0 aliphatic rings. The normalized spacial score (nSPS) is 10.9. The lowest BCUT2D eigenvalue weighted by Crippen LogP contribution is -2.00. The molecule has 0 unspecified atom stereocenters. The minimum atomic E-state index is 0.0714. The highest BCUT2D eigenvalue weighted by Gasteiger charge is 2.12. The molecule has 0 saturated heterocycles. The van der Waals surface area contributed by atoms with Gasteiger partial charge in [-0.3, -0.25) is 0 Å². The van der Waals surface area contributed by atoms with Crippen LogP contribution in [-0.4, -0.2) is 26.5 Å². The molecule has 0 aliphatic carbocycles. The fourth-order valence-corrected chi connectivity index (χ4v) is 2.42. The number of hydrogen-bond donors (Lipinski definition) is 0. The quantitative estimate of drug-likeness (QED) is 0.732. The number of benzene rings is 1. The Balaban J connectivity index is 1.90. The highest BCUT2D eigenvalue weighted by Crippen LogP contribution is 2.28. The van der Waals surface area contributed by atoms with E-state index in [9.17, 15) is 0 Å². The molecular weight excluding hydrogens is 300 g/mol. The standard InChI is InChI=1S/C12H9ClN4O2S/c1-2-18-10-15-9(13)16-11(17-10)20-12-14-7-5-3-4-6-8(7)19-12/h3-6H,2H2,1H3. The lowest BCUT2D eigenvalue weighted by atomic mass is 10.3. The van der Waals surface area contributed by atoms with E-state index in [1.165, 1.54) is 0 Å². The molecule has 2 heterocycles. The Hall–Kier alpha value is -1.86. The van der Waals surface area contributed by atoms with E-state index in [0.717, 1.165) is 17.3 Å². The first kappa shape index (κ1) is 13.1. The van der Waals surface area contributed by atoms with Gasteiger partial charge in [0, 0.05) is 11.8 Å². The summed E-state index contributed by atoms with van der Waals surface area (Å²) in [7, 11) is 0. The Morgan fingerprint density at radius 1 is 1.20 bits per heavy atom. The topological polar surface area (TPSA) is 73.9 Å². The van der Waals surface area contributed by atoms with Crippen molar-refractivity contribution in [3.63, 3.8) is 0 Å². The van der Waals surface area contributed by atoms with Gasteiger partial charge in [0.05, 0.1) is 6.61 Å². The number of ether oxygens (including phenoxy) is 1. The smallest absolute Gasteiger partial charge is 0.321 e. The Morgan fingerprint density at radius 2 is 2.05 bits per heavy atom. The van der Waals surface area contributed by atoms with Crippen LogP contribution in [0.3, 0.4) is 0 Å². The average Bonchev–Trinajstić information content (AvgIpc) is 2.80. The van der Waals surface area contributed by atoms with Gasteiger partial charge in [0.25, 0.3) is 5.22 Å². The summed E-state index contributed by atoms with van der Waals surface area (Å²) in [6.07, 6.45) is 0. The van der Waals surface area contributed by atoms with Crippen molar-refractivity contribution in [2.24, 2.45) is 0 Å². The summed E-state index contributed by atoms with van der Waals surface area (Å²) >= 11 is 6.99. The van der Waals surface area contributed by atoms with Crippen molar-refractivity contribution < 1.29 is 9.15 Å². The summed E-state index contributed by atoms with van der Waals surface area (Å²) < 4.78 is 10.8. The van der Waals surface area contributed by atoms with E-state index >= 15 is 0 Å². The molecule has 0 radical (unpaired) electrons. The van der Waals surface area contributed by atoms with Crippen molar-refractivity contribution in [1.82, 2.24) is 19.9 Å². The molecule has 0 amide bonds. The van der Waals surface area contributed by atoms with Crippen LogP contribution in [0.4, 0.5) is 0 Å².